The molecule has 7 heteroatoms. The second-order valence-corrected chi connectivity index (χ2v) is 15.6. The average molecular weight is 832 g/mol. The molecule has 2 aliphatic carbocycles. The Hall–Kier alpha value is -3.63. The van der Waals surface area contributed by atoms with E-state index in [0.29, 0.717) is 11.8 Å². The molecule has 0 amide bonds. The monoisotopic (exact) mass is 831 g/mol. The molecule has 6 nitrogen and oxygen atoms in total. The summed E-state index contributed by atoms with van der Waals surface area (Å²) in [6.45, 7) is 23.3. The van der Waals surface area contributed by atoms with E-state index in [1.807, 2.05) is 12.4 Å². The van der Waals surface area contributed by atoms with E-state index in [-0.39, 0.29) is 42.7 Å². The predicted octanol–water partition coefficient (Wildman–Crippen LogP) is 10.1. The molecule has 0 N–H and O–H groups in total. The summed E-state index contributed by atoms with van der Waals surface area (Å²) in [7, 11) is 0. The van der Waals surface area contributed by atoms with Gasteiger partial charge in [-0.3, -0.25) is 9.97 Å². The van der Waals surface area contributed by atoms with Gasteiger partial charge in [0.1, 0.15) is 0 Å². The van der Waals surface area contributed by atoms with Crippen LogP contribution in [0.15, 0.2) is 73.1 Å². The maximum absolute atomic E-state index is 4.68. The molecular formula is C42H48N6Pt. The van der Waals surface area contributed by atoms with Gasteiger partial charge in [-0.25, -0.2) is 0 Å². The van der Waals surface area contributed by atoms with Gasteiger partial charge in [0, 0.05) is 45.4 Å². The Morgan fingerprint density at radius 1 is 0.571 bits per heavy atom. The average Bonchev–Trinajstić information content (AvgIpc) is 3.81. The minimum atomic E-state index is 0. The molecule has 4 atom stereocenters. The first-order chi connectivity index (χ1) is 22.8. The summed E-state index contributed by atoms with van der Waals surface area (Å²) in [5, 5.41) is 23.2. The molecule has 4 unspecified atom stereocenters. The van der Waals surface area contributed by atoms with Crippen molar-refractivity contribution in [3.05, 3.63) is 95.6 Å². The van der Waals surface area contributed by atoms with E-state index in [9.17, 15) is 0 Å². The third kappa shape index (κ3) is 4.83. The molecule has 256 valence electrons. The van der Waals surface area contributed by atoms with E-state index >= 15 is 0 Å². The fourth-order valence-electron chi connectivity index (χ4n) is 8.78. The SMILES string of the molecule is CCC1(C)c2n[n-]c(-c3nccc4ccccc34)c2C(C)C1(C)C.CCC1(C)c2n[n-]c(-c3nccc4ccccc34)c2C(C)C1(C)C.[Pt+2]. The Morgan fingerprint density at radius 2 is 0.939 bits per heavy atom. The summed E-state index contributed by atoms with van der Waals surface area (Å²) >= 11 is 0. The second-order valence-electron chi connectivity index (χ2n) is 15.6. The van der Waals surface area contributed by atoms with E-state index in [1.165, 1.54) is 33.3 Å². The number of fused-ring (bicyclic) bond motifs is 4. The third-order valence-corrected chi connectivity index (χ3v) is 13.7. The topological polar surface area (TPSA) is 79.8 Å². The van der Waals surface area contributed by atoms with E-state index < -0.39 is 0 Å². The van der Waals surface area contributed by atoms with Gasteiger partial charge >= 0.3 is 21.1 Å². The standard InChI is InChI=1S/2C21H24N3.Pt/c2*1-6-21(5)19-16(13(2)20(21,3)4)18(23-24-19)17-15-10-8-7-9-14(15)11-12-22-17;/h2*7-13H,6H2,1-5H3;/q2*-1;+2. The van der Waals surface area contributed by atoms with Crippen LogP contribution in [-0.2, 0) is 31.9 Å². The molecule has 6 aromatic rings. The van der Waals surface area contributed by atoms with Gasteiger partial charge in [0.25, 0.3) is 0 Å². The molecule has 2 aliphatic rings. The van der Waals surface area contributed by atoms with Crippen molar-refractivity contribution < 1.29 is 21.1 Å². The Labute approximate surface area is 305 Å². The summed E-state index contributed by atoms with van der Waals surface area (Å²) < 4.78 is 0. The summed E-state index contributed by atoms with van der Waals surface area (Å²) in [5.74, 6) is 0.812. The largest absolute Gasteiger partial charge is 2.00 e. The van der Waals surface area contributed by atoms with Crippen molar-refractivity contribution in [2.24, 2.45) is 10.8 Å². The first-order valence-electron chi connectivity index (χ1n) is 17.6. The van der Waals surface area contributed by atoms with Crippen LogP contribution in [0.3, 0.4) is 0 Å². The van der Waals surface area contributed by atoms with E-state index in [4.69, 9.17) is 0 Å². The quantitative estimate of drug-likeness (QED) is 0.176. The maximum atomic E-state index is 4.68. The number of hydrogen-bond acceptors (Lipinski definition) is 4. The van der Waals surface area contributed by atoms with Gasteiger partial charge in [0.2, 0.25) is 0 Å². The van der Waals surface area contributed by atoms with Crippen molar-refractivity contribution in [1.29, 1.82) is 0 Å². The van der Waals surface area contributed by atoms with Crippen molar-refractivity contribution >= 4 is 21.5 Å². The van der Waals surface area contributed by atoms with E-state index in [1.54, 1.807) is 0 Å². The van der Waals surface area contributed by atoms with Gasteiger partial charge in [0.15, 0.2) is 0 Å². The van der Waals surface area contributed by atoms with Crippen molar-refractivity contribution in [3.8, 4) is 22.8 Å². The number of nitrogens with zero attached hydrogens (tertiary/aromatic N) is 6. The van der Waals surface area contributed by atoms with Gasteiger partial charge in [-0.2, -0.15) is 0 Å². The molecule has 4 aromatic heterocycles. The molecule has 0 spiro atoms. The van der Waals surface area contributed by atoms with Crippen LogP contribution in [0, 0.1) is 10.8 Å². The van der Waals surface area contributed by atoms with Crippen molar-refractivity contribution in [1.82, 2.24) is 30.4 Å². The number of benzene rings is 2. The van der Waals surface area contributed by atoms with E-state index in [0.717, 1.165) is 46.4 Å². The van der Waals surface area contributed by atoms with Crippen LogP contribution in [-0.4, -0.2) is 20.2 Å². The summed E-state index contributed by atoms with van der Waals surface area (Å²) in [6.07, 6.45) is 5.89. The number of rotatable bonds is 4. The molecule has 0 fully saturated rings. The summed E-state index contributed by atoms with van der Waals surface area (Å²) in [5.41, 5.74) is 9.23. The maximum Gasteiger partial charge on any atom is 2.00 e. The van der Waals surface area contributed by atoms with Crippen molar-refractivity contribution in [2.45, 2.75) is 105 Å². The molecule has 4 heterocycles. The van der Waals surface area contributed by atoms with Crippen LogP contribution in [0.4, 0.5) is 0 Å². The summed E-state index contributed by atoms with van der Waals surface area (Å²) in [4.78, 5) is 9.36. The molecule has 0 saturated heterocycles. The Bertz CT molecular complexity index is 1990. The van der Waals surface area contributed by atoms with Crippen LogP contribution in [0.1, 0.15) is 116 Å². The zero-order valence-corrected chi connectivity index (χ0v) is 32.8. The Morgan fingerprint density at radius 3 is 1.31 bits per heavy atom. The van der Waals surface area contributed by atoms with Gasteiger partial charge < -0.3 is 20.4 Å². The molecule has 2 aromatic carbocycles. The molecule has 49 heavy (non-hydrogen) atoms. The zero-order valence-electron chi connectivity index (χ0n) is 30.5. The fraction of sp³-hybridized carbons (Fsp3) is 0.429. The first-order valence-corrected chi connectivity index (χ1v) is 17.6. The zero-order chi connectivity index (χ0) is 34.2. The van der Waals surface area contributed by atoms with Gasteiger partial charge in [-0.05, 0) is 69.5 Å². The fourth-order valence-corrected chi connectivity index (χ4v) is 8.78. The minimum Gasteiger partial charge on any atom is -0.573 e. The van der Waals surface area contributed by atoms with Crippen LogP contribution < -0.4 is 10.2 Å². The normalized spacial score (nSPS) is 24.6. The third-order valence-electron chi connectivity index (χ3n) is 13.7. The molecule has 0 saturated carbocycles. The van der Waals surface area contributed by atoms with Crippen LogP contribution in [0.25, 0.3) is 44.3 Å². The number of hydrogen-bond donors (Lipinski definition) is 0. The van der Waals surface area contributed by atoms with Gasteiger partial charge in [-0.1, -0.05) is 129 Å². The molecule has 0 bridgehead atoms. The molecular weight excluding hydrogens is 784 g/mol. The minimum absolute atomic E-state index is 0. The van der Waals surface area contributed by atoms with Crippen molar-refractivity contribution in [3.63, 3.8) is 0 Å². The van der Waals surface area contributed by atoms with Crippen molar-refractivity contribution in [2.75, 3.05) is 0 Å². The summed E-state index contributed by atoms with van der Waals surface area (Å²) in [6, 6.07) is 20.9. The van der Waals surface area contributed by atoms with Crippen LogP contribution in [0.5, 0.6) is 0 Å². The predicted molar refractivity (Wildman–Crippen MR) is 196 cm³/mol. The Kier molecular flexibility index (Phi) is 8.84. The smallest absolute Gasteiger partial charge is 0.573 e. The van der Waals surface area contributed by atoms with Gasteiger partial charge in [-0.15, -0.1) is 0 Å². The van der Waals surface area contributed by atoms with E-state index in [2.05, 4.69) is 160 Å². The van der Waals surface area contributed by atoms with Gasteiger partial charge in [0.05, 0.1) is 11.4 Å². The van der Waals surface area contributed by atoms with Crippen LogP contribution >= 0.6 is 0 Å². The number of pyridine rings is 2. The molecule has 0 radical (unpaired) electrons. The number of aromatic nitrogens is 6. The van der Waals surface area contributed by atoms with Crippen LogP contribution in [0.2, 0.25) is 0 Å². The second kappa shape index (κ2) is 12.3. The molecule has 8 rings (SSSR count). The Balaban J connectivity index is 0.000000167. The first kappa shape index (κ1) is 35.2. The molecule has 0 aliphatic heterocycles.